The lowest BCUT2D eigenvalue weighted by Gasteiger charge is -2.08. The second kappa shape index (κ2) is 7.99. The predicted molar refractivity (Wildman–Crippen MR) is 66.3 cm³/mol. The normalized spacial score (nSPS) is 10.1. The maximum absolute atomic E-state index is 5.57. The lowest BCUT2D eigenvalue weighted by molar-refractivity contribution is 0.311. The maximum Gasteiger partial charge on any atom is 0.119 e. The number of benzene rings is 1. The van der Waals surface area contributed by atoms with Crippen LogP contribution < -0.4 is 14.8 Å². The van der Waals surface area contributed by atoms with E-state index in [1.165, 1.54) is 0 Å². The van der Waals surface area contributed by atoms with Gasteiger partial charge in [0, 0.05) is 6.54 Å². The molecule has 0 saturated heterocycles. The summed E-state index contributed by atoms with van der Waals surface area (Å²) in [6.07, 6.45) is 1.16. The smallest absolute Gasteiger partial charge is 0.119 e. The molecule has 0 atom stereocenters. The van der Waals surface area contributed by atoms with Crippen molar-refractivity contribution in [3.63, 3.8) is 0 Å². The Labute approximate surface area is 97.8 Å². The molecule has 3 heteroatoms. The van der Waals surface area contributed by atoms with Gasteiger partial charge in [0.25, 0.3) is 0 Å². The Morgan fingerprint density at radius 3 is 2.12 bits per heavy atom. The predicted octanol–water partition coefficient (Wildman–Crippen LogP) is 2.46. The van der Waals surface area contributed by atoms with Crippen molar-refractivity contribution in [1.82, 2.24) is 5.32 Å². The maximum atomic E-state index is 5.57. The highest BCUT2D eigenvalue weighted by Gasteiger charge is 1.95. The molecule has 0 heterocycles. The van der Waals surface area contributed by atoms with Gasteiger partial charge in [0.1, 0.15) is 18.1 Å². The van der Waals surface area contributed by atoms with E-state index in [9.17, 15) is 0 Å². The van der Waals surface area contributed by atoms with E-state index in [2.05, 4.69) is 12.2 Å². The van der Waals surface area contributed by atoms with Crippen molar-refractivity contribution < 1.29 is 9.47 Å². The van der Waals surface area contributed by atoms with Gasteiger partial charge in [-0.05, 0) is 44.2 Å². The summed E-state index contributed by atoms with van der Waals surface area (Å²) >= 11 is 0. The van der Waals surface area contributed by atoms with Crippen molar-refractivity contribution in [2.75, 3.05) is 26.3 Å². The van der Waals surface area contributed by atoms with E-state index in [0.29, 0.717) is 13.2 Å². The Morgan fingerprint density at radius 1 is 0.938 bits per heavy atom. The SMILES string of the molecule is CCCNCCOc1ccc(OCC)cc1. The van der Waals surface area contributed by atoms with Crippen molar-refractivity contribution in [3.8, 4) is 11.5 Å². The molecule has 16 heavy (non-hydrogen) atoms. The van der Waals surface area contributed by atoms with Crippen LogP contribution in [0.15, 0.2) is 24.3 Å². The number of hydrogen-bond acceptors (Lipinski definition) is 3. The average molecular weight is 223 g/mol. The third-order valence-corrected chi connectivity index (χ3v) is 2.11. The van der Waals surface area contributed by atoms with E-state index in [0.717, 1.165) is 31.0 Å². The van der Waals surface area contributed by atoms with Gasteiger partial charge in [-0.2, -0.15) is 0 Å². The Morgan fingerprint density at radius 2 is 1.56 bits per heavy atom. The van der Waals surface area contributed by atoms with Gasteiger partial charge in [0.2, 0.25) is 0 Å². The minimum atomic E-state index is 0.696. The lowest BCUT2D eigenvalue weighted by atomic mass is 10.3. The first-order valence-electron chi connectivity index (χ1n) is 5.93. The summed E-state index contributed by atoms with van der Waals surface area (Å²) in [4.78, 5) is 0. The van der Waals surface area contributed by atoms with E-state index in [1.807, 2.05) is 31.2 Å². The summed E-state index contributed by atoms with van der Waals surface area (Å²) in [6.45, 7) is 7.47. The Balaban J connectivity index is 2.21. The highest BCUT2D eigenvalue weighted by molar-refractivity contribution is 5.31. The second-order valence-electron chi connectivity index (χ2n) is 3.50. The Kier molecular flexibility index (Phi) is 6.42. The third kappa shape index (κ3) is 5.03. The molecule has 1 N–H and O–H groups in total. The van der Waals surface area contributed by atoms with E-state index in [1.54, 1.807) is 0 Å². The third-order valence-electron chi connectivity index (χ3n) is 2.11. The van der Waals surface area contributed by atoms with Crippen LogP contribution in [0, 0.1) is 0 Å². The van der Waals surface area contributed by atoms with Gasteiger partial charge in [-0.1, -0.05) is 6.92 Å². The van der Waals surface area contributed by atoms with Gasteiger partial charge < -0.3 is 14.8 Å². The summed E-state index contributed by atoms with van der Waals surface area (Å²) < 4.78 is 10.9. The van der Waals surface area contributed by atoms with Crippen LogP contribution in [0.2, 0.25) is 0 Å². The molecular weight excluding hydrogens is 202 g/mol. The van der Waals surface area contributed by atoms with Crippen LogP contribution in [-0.2, 0) is 0 Å². The Bertz CT molecular complexity index is 272. The lowest BCUT2D eigenvalue weighted by Crippen LogP contribution is -2.21. The topological polar surface area (TPSA) is 30.5 Å². The first-order valence-corrected chi connectivity index (χ1v) is 5.93. The van der Waals surface area contributed by atoms with Crippen LogP contribution in [0.4, 0.5) is 0 Å². The molecule has 1 aromatic rings. The first-order chi connectivity index (χ1) is 7.86. The largest absolute Gasteiger partial charge is 0.494 e. The molecule has 0 unspecified atom stereocenters. The van der Waals surface area contributed by atoms with Crippen LogP contribution in [-0.4, -0.2) is 26.3 Å². The molecule has 3 nitrogen and oxygen atoms in total. The molecule has 0 bridgehead atoms. The Hall–Kier alpha value is -1.22. The molecule has 1 rings (SSSR count). The number of hydrogen-bond donors (Lipinski definition) is 1. The monoisotopic (exact) mass is 223 g/mol. The zero-order valence-corrected chi connectivity index (χ0v) is 10.2. The summed E-state index contributed by atoms with van der Waals surface area (Å²) in [5, 5.41) is 3.29. The quantitative estimate of drug-likeness (QED) is 0.687. The van der Waals surface area contributed by atoms with Gasteiger partial charge in [-0.3, -0.25) is 0 Å². The van der Waals surface area contributed by atoms with Crippen LogP contribution in [0.25, 0.3) is 0 Å². The van der Waals surface area contributed by atoms with Gasteiger partial charge in [0.15, 0.2) is 0 Å². The van der Waals surface area contributed by atoms with E-state index in [4.69, 9.17) is 9.47 Å². The van der Waals surface area contributed by atoms with Crippen molar-refractivity contribution >= 4 is 0 Å². The summed E-state index contributed by atoms with van der Waals surface area (Å²) in [5.74, 6) is 1.78. The number of rotatable bonds is 8. The molecule has 0 aromatic heterocycles. The van der Waals surface area contributed by atoms with Crippen LogP contribution in [0.5, 0.6) is 11.5 Å². The van der Waals surface area contributed by atoms with Crippen LogP contribution in [0.1, 0.15) is 20.3 Å². The van der Waals surface area contributed by atoms with Crippen LogP contribution >= 0.6 is 0 Å². The van der Waals surface area contributed by atoms with Gasteiger partial charge >= 0.3 is 0 Å². The van der Waals surface area contributed by atoms with Crippen molar-refractivity contribution in [2.45, 2.75) is 20.3 Å². The first kappa shape index (κ1) is 12.8. The summed E-state index contributed by atoms with van der Waals surface area (Å²) in [6, 6.07) is 7.73. The standard InChI is InChI=1S/C13H21NO2/c1-3-9-14-10-11-16-13-7-5-12(6-8-13)15-4-2/h5-8,14H,3-4,9-11H2,1-2H3. The van der Waals surface area contributed by atoms with E-state index >= 15 is 0 Å². The fraction of sp³-hybridized carbons (Fsp3) is 0.538. The van der Waals surface area contributed by atoms with E-state index < -0.39 is 0 Å². The van der Waals surface area contributed by atoms with Crippen LogP contribution in [0.3, 0.4) is 0 Å². The van der Waals surface area contributed by atoms with Gasteiger partial charge in [-0.15, -0.1) is 0 Å². The molecule has 0 amide bonds. The highest BCUT2D eigenvalue weighted by atomic mass is 16.5. The van der Waals surface area contributed by atoms with Gasteiger partial charge in [0.05, 0.1) is 6.61 Å². The minimum Gasteiger partial charge on any atom is -0.494 e. The molecular formula is C13H21NO2. The molecule has 0 spiro atoms. The molecule has 0 aliphatic carbocycles. The molecule has 0 aliphatic heterocycles. The van der Waals surface area contributed by atoms with E-state index in [-0.39, 0.29) is 0 Å². The van der Waals surface area contributed by atoms with Crippen molar-refractivity contribution in [3.05, 3.63) is 24.3 Å². The second-order valence-corrected chi connectivity index (χ2v) is 3.50. The molecule has 0 fully saturated rings. The molecule has 90 valence electrons. The molecule has 1 aromatic carbocycles. The van der Waals surface area contributed by atoms with Gasteiger partial charge in [-0.25, -0.2) is 0 Å². The zero-order chi connectivity index (χ0) is 11.6. The average Bonchev–Trinajstić information content (AvgIpc) is 2.31. The minimum absolute atomic E-state index is 0.696. The number of ether oxygens (including phenoxy) is 2. The molecule has 0 aliphatic rings. The summed E-state index contributed by atoms with van der Waals surface area (Å²) in [7, 11) is 0. The fourth-order valence-electron chi connectivity index (χ4n) is 1.34. The highest BCUT2D eigenvalue weighted by Crippen LogP contribution is 2.17. The molecule has 0 radical (unpaired) electrons. The molecule has 0 saturated carbocycles. The summed E-state index contributed by atoms with van der Waals surface area (Å²) in [5.41, 5.74) is 0. The number of nitrogens with one attached hydrogen (secondary N) is 1. The fourth-order valence-corrected chi connectivity index (χ4v) is 1.34. The van der Waals surface area contributed by atoms with Crippen molar-refractivity contribution in [1.29, 1.82) is 0 Å². The zero-order valence-electron chi connectivity index (χ0n) is 10.2. The van der Waals surface area contributed by atoms with Crippen molar-refractivity contribution in [2.24, 2.45) is 0 Å².